The molecular weight excluding hydrogens is 357 g/mol. The Bertz CT molecular complexity index is 768. The van der Waals surface area contributed by atoms with Gasteiger partial charge in [-0.15, -0.1) is 0 Å². The second kappa shape index (κ2) is 8.31. The first-order valence-corrected chi connectivity index (χ1v) is 10.3. The fourth-order valence-electron chi connectivity index (χ4n) is 4.89. The average Bonchev–Trinajstić information content (AvgIpc) is 3.34. The van der Waals surface area contributed by atoms with Crippen LogP contribution in [0.2, 0.25) is 0 Å². The monoisotopic (exact) mass is 387 g/mol. The fraction of sp³-hybridized carbons (Fsp3) is 0.591. The Hall–Kier alpha value is -1.76. The highest BCUT2D eigenvalue weighted by Gasteiger charge is 2.48. The number of nitrogens with zero attached hydrogens (tertiary/aromatic N) is 3. The Kier molecular flexibility index (Phi) is 5.80. The van der Waals surface area contributed by atoms with Gasteiger partial charge in [0.15, 0.2) is 5.67 Å². The largest absolute Gasteiger partial charge is 0.393 e. The van der Waals surface area contributed by atoms with Gasteiger partial charge in [-0.25, -0.2) is 4.39 Å². The Morgan fingerprint density at radius 1 is 1.29 bits per heavy atom. The van der Waals surface area contributed by atoms with Crippen LogP contribution in [0.5, 0.6) is 0 Å². The summed E-state index contributed by atoms with van der Waals surface area (Å²) in [7, 11) is 0. The molecule has 0 saturated carbocycles. The molecule has 1 N–H and O–H groups in total. The lowest BCUT2D eigenvalue weighted by Gasteiger charge is -2.34. The van der Waals surface area contributed by atoms with Crippen molar-refractivity contribution in [1.29, 1.82) is 0 Å². The highest BCUT2D eigenvalue weighted by atomic mass is 19.1. The molecule has 3 heterocycles. The third kappa shape index (κ3) is 3.73. The number of hydrogen-bond acceptors (Lipinski definition) is 4. The first-order chi connectivity index (χ1) is 13.6. The van der Waals surface area contributed by atoms with E-state index in [2.05, 4.69) is 16.9 Å². The second-order valence-corrected chi connectivity index (χ2v) is 8.12. The normalized spacial score (nSPS) is 31.3. The standard InChI is InChI=1S/C22H30FN3O2/c1-2-26-20(10-11-24-26)21-18(9-6-12-28-21)13-25-14-19(22(23,15-25)16-27)17-7-4-3-5-8-17/h3-5,7-8,10-11,18-19,21,27H,2,6,9,12-16H2,1H3/t18-,19?,21+,22?/m0/s1. The molecule has 2 aliphatic heterocycles. The molecule has 0 bridgehead atoms. The molecule has 4 atom stereocenters. The third-order valence-corrected chi connectivity index (χ3v) is 6.29. The second-order valence-electron chi connectivity index (χ2n) is 8.12. The summed E-state index contributed by atoms with van der Waals surface area (Å²) in [4.78, 5) is 2.17. The van der Waals surface area contributed by atoms with Crippen LogP contribution in [0.15, 0.2) is 42.6 Å². The first-order valence-electron chi connectivity index (χ1n) is 10.3. The summed E-state index contributed by atoms with van der Waals surface area (Å²) in [6.45, 7) is 4.86. The minimum atomic E-state index is -1.60. The summed E-state index contributed by atoms with van der Waals surface area (Å²) in [6.07, 6.45) is 3.91. The van der Waals surface area contributed by atoms with Gasteiger partial charge in [0.2, 0.25) is 0 Å². The maximum Gasteiger partial charge on any atom is 0.154 e. The van der Waals surface area contributed by atoms with Crippen molar-refractivity contribution >= 4 is 0 Å². The van der Waals surface area contributed by atoms with Gasteiger partial charge in [-0.3, -0.25) is 9.58 Å². The molecular formula is C22H30FN3O2. The zero-order valence-electron chi connectivity index (χ0n) is 16.5. The molecule has 28 heavy (non-hydrogen) atoms. The molecule has 2 fully saturated rings. The van der Waals surface area contributed by atoms with Crippen LogP contribution < -0.4 is 0 Å². The van der Waals surface area contributed by atoms with Crippen LogP contribution in [0.25, 0.3) is 0 Å². The molecule has 0 radical (unpaired) electrons. The number of aliphatic hydroxyl groups excluding tert-OH is 1. The predicted octanol–water partition coefficient (Wildman–Crippen LogP) is 3.17. The highest BCUT2D eigenvalue weighted by molar-refractivity contribution is 5.26. The Labute approximate surface area is 166 Å². The van der Waals surface area contributed by atoms with E-state index in [1.54, 1.807) is 0 Å². The lowest BCUT2D eigenvalue weighted by atomic mass is 9.87. The number of aromatic nitrogens is 2. The van der Waals surface area contributed by atoms with E-state index in [-0.39, 0.29) is 18.6 Å². The first kappa shape index (κ1) is 19.6. The van der Waals surface area contributed by atoms with Crippen molar-refractivity contribution in [2.24, 2.45) is 5.92 Å². The summed E-state index contributed by atoms with van der Waals surface area (Å²) < 4.78 is 23.7. The zero-order valence-corrected chi connectivity index (χ0v) is 16.5. The number of hydrogen-bond donors (Lipinski definition) is 1. The van der Waals surface area contributed by atoms with Gasteiger partial charge in [-0.1, -0.05) is 30.3 Å². The molecule has 2 saturated heterocycles. The van der Waals surface area contributed by atoms with Crippen molar-refractivity contribution in [1.82, 2.24) is 14.7 Å². The van der Waals surface area contributed by atoms with Gasteiger partial charge in [0.1, 0.15) is 6.10 Å². The van der Waals surface area contributed by atoms with Crippen molar-refractivity contribution in [3.8, 4) is 0 Å². The topological polar surface area (TPSA) is 50.5 Å². The van der Waals surface area contributed by atoms with Gasteiger partial charge in [-0.2, -0.15) is 5.10 Å². The maximum absolute atomic E-state index is 15.5. The Morgan fingerprint density at radius 2 is 2.11 bits per heavy atom. The van der Waals surface area contributed by atoms with Crippen LogP contribution >= 0.6 is 0 Å². The van der Waals surface area contributed by atoms with Crippen molar-refractivity contribution in [2.75, 3.05) is 32.8 Å². The van der Waals surface area contributed by atoms with Crippen molar-refractivity contribution in [3.05, 3.63) is 53.9 Å². The molecule has 0 aliphatic carbocycles. The van der Waals surface area contributed by atoms with E-state index in [1.165, 1.54) is 0 Å². The van der Waals surface area contributed by atoms with Crippen molar-refractivity contribution in [3.63, 3.8) is 0 Å². The number of halogens is 1. The number of rotatable bonds is 6. The number of ether oxygens (including phenoxy) is 1. The zero-order chi connectivity index (χ0) is 19.6. The van der Waals surface area contributed by atoms with Crippen LogP contribution in [-0.4, -0.2) is 58.3 Å². The molecule has 0 amide bonds. The molecule has 6 heteroatoms. The number of alkyl halides is 1. The van der Waals surface area contributed by atoms with E-state index in [9.17, 15) is 5.11 Å². The fourth-order valence-corrected chi connectivity index (χ4v) is 4.89. The minimum absolute atomic E-state index is 0.00452. The van der Waals surface area contributed by atoms with Crippen LogP contribution in [0.4, 0.5) is 4.39 Å². The summed E-state index contributed by atoms with van der Waals surface area (Å²) in [5, 5.41) is 14.2. The van der Waals surface area contributed by atoms with Gasteiger partial charge in [0.05, 0.1) is 12.3 Å². The molecule has 0 spiro atoms. The quantitative estimate of drug-likeness (QED) is 0.827. The molecule has 152 valence electrons. The summed E-state index contributed by atoms with van der Waals surface area (Å²) in [5.41, 5.74) is 0.471. The van der Waals surface area contributed by atoms with Crippen LogP contribution in [0.3, 0.4) is 0 Å². The Morgan fingerprint density at radius 3 is 2.86 bits per heavy atom. The molecule has 1 aromatic carbocycles. The van der Waals surface area contributed by atoms with Crippen LogP contribution in [0, 0.1) is 5.92 Å². The van der Waals surface area contributed by atoms with E-state index in [0.717, 1.165) is 43.8 Å². The van der Waals surface area contributed by atoms with E-state index >= 15 is 4.39 Å². The predicted molar refractivity (Wildman–Crippen MR) is 106 cm³/mol. The lowest BCUT2D eigenvalue weighted by molar-refractivity contribution is -0.0434. The molecule has 2 unspecified atom stereocenters. The molecule has 4 rings (SSSR count). The van der Waals surface area contributed by atoms with E-state index < -0.39 is 12.3 Å². The highest BCUT2D eigenvalue weighted by Crippen LogP contribution is 2.41. The number of aryl methyl sites for hydroxylation is 1. The smallest absolute Gasteiger partial charge is 0.154 e. The third-order valence-electron chi connectivity index (χ3n) is 6.29. The maximum atomic E-state index is 15.5. The summed E-state index contributed by atoms with van der Waals surface area (Å²) >= 11 is 0. The molecule has 2 aliphatic rings. The van der Waals surface area contributed by atoms with Crippen molar-refractivity contribution in [2.45, 2.75) is 44.0 Å². The number of benzene rings is 1. The average molecular weight is 387 g/mol. The van der Waals surface area contributed by atoms with Gasteiger partial charge < -0.3 is 9.84 Å². The van der Waals surface area contributed by atoms with E-state index in [0.29, 0.717) is 12.5 Å². The summed E-state index contributed by atoms with van der Waals surface area (Å²) in [5.74, 6) is -0.00366. The molecule has 1 aromatic heterocycles. The van der Waals surface area contributed by atoms with E-state index in [1.807, 2.05) is 47.3 Å². The number of aliphatic hydroxyl groups is 1. The molecule has 2 aromatic rings. The van der Waals surface area contributed by atoms with Crippen LogP contribution in [-0.2, 0) is 11.3 Å². The van der Waals surface area contributed by atoms with Gasteiger partial charge >= 0.3 is 0 Å². The Balaban J connectivity index is 1.51. The van der Waals surface area contributed by atoms with Gasteiger partial charge in [0, 0.05) is 50.8 Å². The van der Waals surface area contributed by atoms with Gasteiger partial charge in [-0.05, 0) is 31.4 Å². The van der Waals surface area contributed by atoms with Gasteiger partial charge in [0.25, 0.3) is 0 Å². The molecule has 5 nitrogen and oxygen atoms in total. The number of likely N-dealkylation sites (tertiary alicyclic amines) is 1. The SMILES string of the molecule is CCn1nccc1[C@@H]1OCCC[C@H]1CN1CC(c2ccccc2)C(F)(CO)C1. The lowest BCUT2D eigenvalue weighted by Crippen LogP contribution is -2.38. The van der Waals surface area contributed by atoms with Crippen LogP contribution in [0.1, 0.15) is 43.0 Å². The van der Waals surface area contributed by atoms with E-state index in [4.69, 9.17) is 4.74 Å². The minimum Gasteiger partial charge on any atom is -0.393 e. The van der Waals surface area contributed by atoms with Crippen molar-refractivity contribution < 1.29 is 14.2 Å². The summed E-state index contributed by atoms with van der Waals surface area (Å²) in [6, 6.07) is 11.8.